The van der Waals surface area contributed by atoms with Crippen molar-refractivity contribution in [1.82, 2.24) is 10.2 Å². The van der Waals surface area contributed by atoms with Crippen molar-refractivity contribution in [1.29, 1.82) is 0 Å². The van der Waals surface area contributed by atoms with Crippen LogP contribution in [0.15, 0.2) is 20.9 Å². The number of nitrogens with two attached hydrogens (primary N) is 1. The third-order valence-corrected chi connectivity index (χ3v) is 5.00. The Kier molecular flexibility index (Phi) is 3.69. The first-order valence-electron chi connectivity index (χ1n) is 4.56. The second-order valence-electron chi connectivity index (χ2n) is 3.26. The van der Waals surface area contributed by atoms with Gasteiger partial charge in [0.1, 0.15) is 11.6 Å². The number of halogens is 3. The van der Waals surface area contributed by atoms with Gasteiger partial charge in [-0.05, 0) is 22.0 Å². The summed E-state index contributed by atoms with van der Waals surface area (Å²) in [5.74, 6) is -1.90. The number of aromatic nitrogens is 2. The van der Waals surface area contributed by atoms with Crippen molar-refractivity contribution in [2.24, 2.45) is 0 Å². The molecular weight excluding hydrogens is 366 g/mol. The van der Waals surface area contributed by atoms with Crippen LogP contribution >= 0.6 is 27.3 Å². The molecule has 1 aromatic carbocycles. The van der Waals surface area contributed by atoms with Gasteiger partial charge in [0.2, 0.25) is 5.13 Å². The molecule has 0 spiro atoms. The van der Waals surface area contributed by atoms with Crippen molar-refractivity contribution >= 4 is 48.1 Å². The van der Waals surface area contributed by atoms with Crippen LogP contribution in [0.2, 0.25) is 0 Å². The van der Waals surface area contributed by atoms with E-state index in [0.29, 0.717) is 17.4 Å². The largest absolute Gasteiger partial charge is 0.374 e. The van der Waals surface area contributed by atoms with Crippen LogP contribution in [0.3, 0.4) is 0 Å². The Morgan fingerprint density at radius 2 is 1.95 bits per heavy atom. The van der Waals surface area contributed by atoms with Gasteiger partial charge in [0.05, 0.1) is 10.2 Å². The second kappa shape index (κ2) is 4.98. The molecule has 0 fully saturated rings. The van der Waals surface area contributed by atoms with Gasteiger partial charge in [-0.25, -0.2) is 8.78 Å². The molecule has 102 valence electrons. The number of hydrogen-bond acceptors (Lipinski definition) is 6. The maximum atomic E-state index is 13.4. The van der Waals surface area contributed by atoms with E-state index in [1.807, 2.05) is 4.72 Å². The summed E-state index contributed by atoms with van der Waals surface area (Å²) in [7, 11) is -4.11. The van der Waals surface area contributed by atoms with Crippen LogP contribution < -0.4 is 10.5 Å². The van der Waals surface area contributed by atoms with Crippen LogP contribution in [0, 0.1) is 11.6 Å². The number of nitrogen functional groups attached to an aromatic ring is 1. The third kappa shape index (κ3) is 2.98. The molecule has 19 heavy (non-hydrogen) atoms. The Bertz CT molecular complexity index is 734. The maximum Gasteiger partial charge on any atom is 0.291 e. The quantitative estimate of drug-likeness (QED) is 0.804. The van der Waals surface area contributed by atoms with Crippen LogP contribution in [0.1, 0.15) is 0 Å². The molecule has 0 unspecified atom stereocenters. The van der Waals surface area contributed by atoms with Gasteiger partial charge < -0.3 is 5.73 Å². The molecule has 11 heteroatoms. The average Bonchev–Trinajstić information content (AvgIpc) is 2.73. The van der Waals surface area contributed by atoms with E-state index in [9.17, 15) is 17.2 Å². The number of rotatable bonds is 3. The van der Waals surface area contributed by atoms with E-state index >= 15 is 0 Å². The number of anilines is 2. The molecule has 0 aliphatic carbocycles. The van der Waals surface area contributed by atoms with Crippen molar-refractivity contribution in [2.45, 2.75) is 4.34 Å². The fourth-order valence-corrected chi connectivity index (χ4v) is 3.31. The molecule has 0 aliphatic rings. The topological polar surface area (TPSA) is 98.0 Å². The van der Waals surface area contributed by atoms with Gasteiger partial charge in [0.25, 0.3) is 14.4 Å². The summed E-state index contributed by atoms with van der Waals surface area (Å²) in [4.78, 5) is 0. The zero-order valence-corrected chi connectivity index (χ0v) is 12.1. The molecule has 0 atom stereocenters. The predicted octanol–water partition coefficient (Wildman–Crippen LogP) is 1.96. The van der Waals surface area contributed by atoms with Crippen LogP contribution in [-0.4, -0.2) is 18.6 Å². The molecule has 0 radical (unpaired) electrons. The van der Waals surface area contributed by atoms with E-state index in [1.54, 1.807) is 0 Å². The number of sulfonamides is 1. The molecule has 2 aromatic rings. The minimum Gasteiger partial charge on any atom is -0.374 e. The summed E-state index contributed by atoms with van der Waals surface area (Å²) in [5.41, 5.74) is 4.85. The minimum absolute atomic E-state index is 0.0406. The lowest BCUT2D eigenvalue weighted by Gasteiger charge is -2.07. The van der Waals surface area contributed by atoms with Gasteiger partial charge in [-0.15, -0.1) is 10.2 Å². The highest BCUT2D eigenvalue weighted by Crippen LogP contribution is 2.26. The number of benzene rings is 1. The van der Waals surface area contributed by atoms with Gasteiger partial charge in [-0.3, -0.25) is 4.72 Å². The highest BCUT2D eigenvalue weighted by atomic mass is 79.9. The Hall–Kier alpha value is -1.33. The molecule has 0 amide bonds. The van der Waals surface area contributed by atoms with Crippen molar-refractivity contribution in [3.05, 3.63) is 28.2 Å². The molecule has 1 heterocycles. The van der Waals surface area contributed by atoms with E-state index in [2.05, 4.69) is 26.1 Å². The van der Waals surface area contributed by atoms with Gasteiger partial charge in [-0.2, -0.15) is 8.42 Å². The molecule has 0 bridgehead atoms. The highest BCUT2D eigenvalue weighted by Gasteiger charge is 2.22. The summed E-state index contributed by atoms with van der Waals surface area (Å²) in [6, 6.07) is 1.52. The number of nitrogens with zero attached hydrogens (tertiary/aromatic N) is 2. The average molecular weight is 371 g/mol. The van der Waals surface area contributed by atoms with Crippen molar-refractivity contribution in [3.63, 3.8) is 0 Å². The molecule has 2 rings (SSSR count). The lowest BCUT2D eigenvalue weighted by atomic mass is 10.3. The SMILES string of the molecule is Nc1nnc(S(=O)(=O)Nc2cc(Br)c(F)cc2F)s1. The third-order valence-electron chi connectivity index (χ3n) is 1.91. The molecule has 1 aromatic heterocycles. The fourth-order valence-electron chi connectivity index (χ4n) is 1.12. The van der Waals surface area contributed by atoms with Crippen LogP contribution in [0.5, 0.6) is 0 Å². The Morgan fingerprint density at radius 3 is 2.53 bits per heavy atom. The first-order chi connectivity index (χ1) is 8.79. The van der Waals surface area contributed by atoms with Gasteiger partial charge >= 0.3 is 0 Å². The normalized spacial score (nSPS) is 11.5. The van der Waals surface area contributed by atoms with Crippen molar-refractivity contribution < 1.29 is 17.2 Å². The van der Waals surface area contributed by atoms with Crippen molar-refractivity contribution in [3.8, 4) is 0 Å². The molecule has 3 N–H and O–H groups in total. The van der Waals surface area contributed by atoms with E-state index in [0.717, 1.165) is 6.07 Å². The molecular formula is C8H5BrF2N4O2S2. The Balaban J connectivity index is 2.38. The smallest absolute Gasteiger partial charge is 0.291 e. The van der Waals surface area contributed by atoms with E-state index < -0.39 is 31.7 Å². The van der Waals surface area contributed by atoms with Gasteiger partial charge in [-0.1, -0.05) is 11.3 Å². The number of hydrogen-bond donors (Lipinski definition) is 2. The minimum atomic E-state index is -4.11. The summed E-state index contributed by atoms with van der Waals surface area (Å²) < 4.78 is 51.6. The number of nitrogens with one attached hydrogen (secondary N) is 1. The summed E-state index contributed by atoms with van der Waals surface area (Å²) >= 11 is 3.45. The Labute approximate surface area is 118 Å². The second-order valence-corrected chi connectivity index (χ2v) is 6.98. The zero-order chi connectivity index (χ0) is 14.2. The Morgan fingerprint density at radius 1 is 1.26 bits per heavy atom. The van der Waals surface area contributed by atoms with Crippen molar-refractivity contribution in [2.75, 3.05) is 10.5 Å². The van der Waals surface area contributed by atoms with Crippen LogP contribution in [0.25, 0.3) is 0 Å². The predicted molar refractivity (Wildman–Crippen MR) is 69.2 cm³/mol. The van der Waals surface area contributed by atoms with Crippen LogP contribution in [-0.2, 0) is 10.0 Å². The fraction of sp³-hybridized carbons (Fsp3) is 0. The molecule has 0 aliphatic heterocycles. The first-order valence-corrected chi connectivity index (χ1v) is 7.65. The van der Waals surface area contributed by atoms with E-state index in [-0.39, 0.29) is 9.60 Å². The highest BCUT2D eigenvalue weighted by molar-refractivity contribution is 9.10. The monoisotopic (exact) mass is 370 g/mol. The molecule has 0 saturated heterocycles. The van der Waals surface area contributed by atoms with Gasteiger partial charge in [0.15, 0.2) is 0 Å². The lowest BCUT2D eigenvalue weighted by molar-refractivity contribution is 0.579. The van der Waals surface area contributed by atoms with Gasteiger partial charge in [0, 0.05) is 6.07 Å². The summed E-state index contributed by atoms with van der Waals surface area (Å²) in [6.45, 7) is 0. The first kappa shape index (κ1) is 14.1. The summed E-state index contributed by atoms with van der Waals surface area (Å²) in [6.07, 6.45) is 0. The molecule has 0 saturated carbocycles. The lowest BCUT2D eigenvalue weighted by Crippen LogP contribution is -2.14. The van der Waals surface area contributed by atoms with E-state index in [1.165, 1.54) is 0 Å². The van der Waals surface area contributed by atoms with Crippen LogP contribution in [0.4, 0.5) is 19.6 Å². The summed E-state index contributed by atoms with van der Waals surface area (Å²) in [5, 5.41) is 6.64. The zero-order valence-electron chi connectivity index (χ0n) is 8.89. The standard InChI is InChI=1S/C8H5BrF2N4O2S2/c9-3-1-6(5(11)2-4(3)10)15-19(16,17)8-14-13-7(12)18-8/h1-2,15H,(H2,12,13). The molecule has 6 nitrogen and oxygen atoms in total. The maximum absolute atomic E-state index is 13.4. The van der Waals surface area contributed by atoms with E-state index in [4.69, 9.17) is 5.73 Å².